The van der Waals surface area contributed by atoms with Gasteiger partial charge in [0.2, 0.25) is 0 Å². The van der Waals surface area contributed by atoms with E-state index < -0.39 is 0 Å². The Bertz CT molecular complexity index is 669. The van der Waals surface area contributed by atoms with E-state index in [1.165, 1.54) is 5.56 Å². The van der Waals surface area contributed by atoms with E-state index in [1.807, 2.05) is 18.2 Å². The summed E-state index contributed by atoms with van der Waals surface area (Å²) in [4.78, 5) is 12.5. The van der Waals surface area contributed by atoms with Gasteiger partial charge in [-0.05, 0) is 25.3 Å². The first-order valence-corrected chi connectivity index (χ1v) is 9.27. The molecule has 0 unspecified atom stereocenters. The summed E-state index contributed by atoms with van der Waals surface area (Å²) in [7, 11) is 1.70. The number of ether oxygens (including phenoxy) is 2. The molecule has 1 saturated heterocycles. The van der Waals surface area contributed by atoms with Crippen LogP contribution in [0.15, 0.2) is 24.3 Å². The Labute approximate surface area is 149 Å². The second kappa shape index (κ2) is 5.90. The normalized spacial score (nSPS) is 30.8. The molecule has 3 fully saturated rings. The average Bonchev–Trinajstić information content (AvgIpc) is 3.27. The van der Waals surface area contributed by atoms with Crippen LogP contribution in [0.1, 0.15) is 38.7 Å². The Morgan fingerprint density at radius 1 is 1.32 bits per heavy atom. The van der Waals surface area contributed by atoms with Crippen molar-refractivity contribution in [1.29, 1.82) is 0 Å². The van der Waals surface area contributed by atoms with Crippen LogP contribution in [-0.2, 0) is 10.2 Å². The Morgan fingerprint density at radius 3 is 2.80 bits per heavy atom. The SMILES string of the molecule is COc1ccccc1C1(CNC(=O)N[C@@H]2[C@H]3CCO[C@@H]3C2(C)C)CC1. The molecule has 2 saturated carbocycles. The molecule has 1 aliphatic heterocycles. The summed E-state index contributed by atoms with van der Waals surface area (Å²) in [5.74, 6) is 1.37. The minimum absolute atomic E-state index is 0.0123. The number of hydrogen-bond acceptors (Lipinski definition) is 3. The van der Waals surface area contributed by atoms with Crippen molar-refractivity contribution in [2.24, 2.45) is 11.3 Å². The number of amides is 2. The fourth-order valence-corrected chi connectivity index (χ4v) is 4.83. The first-order valence-electron chi connectivity index (χ1n) is 9.27. The number of fused-ring (bicyclic) bond motifs is 1. The van der Waals surface area contributed by atoms with E-state index in [4.69, 9.17) is 9.47 Å². The predicted octanol–water partition coefficient (Wildman–Crippen LogP) is 2.84. The van der Waals surface area contributed by atoms with Gasteiger partial charge in [0.15, 0.2) is 0 Å². The maximum Gasteiger partial charge on any atom is 0.315 e. The van der Waals surface area contributed by atoms with Crippen molar-refractivity contribution in [3.05, 3.63) is 29.8 Å². The van der Waals surface area contributed by atoms with Crippen LogP contribution in [0.3, 0.4) is 0 Å². The number of rotatable bonds is 5. The lowest BCUT2D eigenvalue weighted by Gasteiger charge is -2.54. The van der Waals surface area contributed by atoms with Crippen LogP contribution in [0.2, 0.25) is 0 Å². The average molecular weight is 344 g/mol. The summed E-state index contributed by atoms with van der Waals surface area (Å²) in [5.41, 5.74) is 1.24. The Kier molecular flexibility index (Phi) is 3.95. The van der Waals surface area contributed by atoms with E-state index in [9.17, 15) is 4.79 Å². The van der Waals surface area contributed by atoms with E-state index in [0.29, 0.717) is 18.6 Å². The number of carbonyl (C=O) groups excluding carboxylic acids is 1. The molecular weight excluding hydrogens is 316 g/mol. The molecule has 2 N–H and O–H groups in total. The quantitative estimate of drug-likeness (QED) is 0.863. The molecule has 1 aromatic rings. The van der Waals surface area contributed by atoms with Crippen LogP contribution in [0, 0.1) is 11.3 Å². The number of carbonyl (C=O) groups is 1. The van der Waals surface area contributed by atoms with Crippen molar-refractivity contribution < 1.29 is 14.3 Å². The van der Waals surface area contributed by atoms with Gasteiger partial charge in [-0.2, -0.15) is 0 Å². The number of hydrogen-bond donors (Lipinski definition) is 2. The van der Waals surface area contributed by atoms with Crippen molar-refractivity contribution in [1.82, 2.24) is 10.6 Å². The van der Waals surface area contributed by atoms with Crippen LogP contribution in [-0.4, -0.2) is 38.4 Å². The molecule has 5 nitrogen and oxygen atoms in total. The van der Waals surface area contributed by atoms with Gasteiger partial charge in [-0.25, -0.2) is 4.79 Å². The van der Waals surface area contributed by atoms with Gasteiger partial charge in [0.25, 0.3) is 0 Å². The van der Waals surface area contributed by atoms with Gasteiger partial charge in [0.05, 0.1) is 13.2 Å². The molecule has 2 aliphatic carbocycles. The number of urea groups is 1. The third-order valence-corrected chi connectivity index (χ3v) is 6.51. The van der Waals surface area contributed by atoms with Gasteiger partial charge < -0.3 is 20.1 Å². The predicted molar refractivity (Wildman–Crippen MR) is 95.9 cm³/mol. The van der Waals surface area contributed by atoms with Crippen molar-refractivity contribution in [3.8, 4) is 5.75 Å². The van der Waals surface area contributed by atoms with E-state index >= 15 is 0 Å². The number of methoxy groups -OCH3 is 1. The summed E-state index contributed by atoms with van der Waals surface area (Å²) in [6, 6.07) is 8.26. The summed E-state index contributed by atoms with van der Waals surface area (Å²) >= 11 is 0. The van der Waals surface area contributed by atoms with Crippen LogP contribution in [0.4, 0.5) is 4.79 Å². The number of para-hydroxylation sites is 1. The van der Waals surface area contributed by atoms with Gasteiger partial charge in [-0.3, -0.25) is 0 Å². The van der Waals surface area contributed by atoms with E-state index in [0.717, 1.165) is 31.6 Å². The molecule has 25 heavy (non-hydrogen) atoms. The third kappa shape index (κ3) is 2.69. The zero-order valence-corrected chi connectivity index (χ0v) is 15.3. The van der Waals surface area contributed by atoms with Crippen molar-refractivity contribution >= 4 is 6.03 Å². The highest BCUT2D eigenvalue weighted by Gasteiger charge is 2.59. The maximum absolute atomic E-state index is 12.5. The van der Waals surface area contributed by atoms with E-state index in [1.54, 1.807) is 7.11 Å². The smallest absolute Gasteiger partial charge is 0.315 e. The summed E-state index contributed by atoms with van der Waals surface area (Å²) < 4.78 is 11.3. The fourth-order valence-electron chi connectivity index (χ4n) is 4.83. The van der Waals surface area contributed by atoms with Crippen LogP contribution in [0.5, 0.6) is 5.75 Å². The topological polar surface area (TPSA) is 59.6 Å². The first kappa shape index (κ1) is 16.7. The Hall–Kier alpha value is -1.75. The van der Waals surface area contributed by atoms with Crippen molar-refractivity contribution in [3.63, 3.8) is 0 Å². The minimum atomic E-state index is -0.0652. The van der Waals surface area contributed by atoms with Crippen molar-refractivity contribution in [2.45, 2.75) is 50.7 Å². The molecular formula is C20H28N2O3. The van der Waals surface area contributed by atoms with Gasteiger partial charge in [-0.1, -0.05) is 32.0 Å². The summed E-state index contributed by atoms with van der Waals surface area (Å²) in [6.07, 6.45) is 3.51. The molecule has 0 aromatic heterocycles. The Balaban J connectivity index is 1.36. The number of benzene rings is 1. The maximum atomic E-state index is 12.5. The Morgan fingerprint density at radius 2 is 2.08 bits per heavy atom. The largest absolute Gasteiger partial charge is 0.496 e. The lowest BCUT2D eigenvalue weighted by atomic mass is 9.57. The molecule has 136 valence electrons. The lowest BCUT2D eigenvalue weighted by molar-refractivity contribution is -0.108. The molecule has 0 spiro atoms. The highest BCUT2D eigenvalue weighted by Crippen LogP contribution is 2.52. The summed E-state index contributed by atoms with van der Waals surface area (Å²) in [6.45, 7) is 5.83. The summed E-state index contributed by atoms with van der Waals surface area (Å²) in [5, 5.41) is 6.30. The van der Waals surface area contributed by atoms with E-state index in [-0.39, 0.29) is 22.9 Å². The molecule has 1 aromatic carbocycles. The van der Waals surface area contributed by atoms with Gasteiger partial charge in [0, 0.05) is 41.5 Å². The van der Waals surface area contributed by atoms with E-state index in [2.05, 4.69) is 30.5 Å². The molecule has 2 amide bonds. The van der Waals surface area contributed by atoms with Crippen molar-refractivity contribution in [2.75, 3.05) is 20.3 Å². The zero-order valence-electron chi connectivity index (χ0n) is 15.3. The monoisotopic (exact) mass is 344 g/mol. The second-order valence-corrected chi connectivity index (χ2v) is 8.35. The molecule has 3 atom stereocenters. The van der Waals surface area contributed by atoms with Crippen LogP contribution >= 0.6 is 0 Å². The van der Waals surface area contributed by atoms with Gasteiger partial charge in [0.1, 0.15) is 5.75 Å². The standard InChI is InChI=1S/C20H28N2O3/c1-19(2)16(13-8-11-25-17(13)19)22-18(23)21-12-20(9-10-20)14-6-4-5-7-15(14)24-3/h4-7,13,16-17H,8-12H2,1-3H3,(H2,21,22,23)/t13-,16-,17+/m1/s1. The molecule has 4 rings (SSSR count). The molecule has 0 bridgehead atoms. The molecule has 5 heteroatoms. The first-order chi connectivity index (χ1) is 12.0. The van der Waals surface area contributed by atoms with Gasteiger partial charge >= 0.3 is 6.03 Å². The highest BCUT2D eigenvalue weighted by molar-refractivity contribution is 5.75. The lowest BCUT2D eigenvalue weighted by Crippen LogP contribution is -2.67. The number of nitrogens with one attached hydrogen (secondary N) is 2. The molecule has 1 heterocycles. The van der Waals surface area contributed by atoms with Crippen LogP contribution < -0.4 is 15.4 Å². The minimum Gasteiger partial charge on any atom is -0.496 e. The van der Waals surface area contributed by atoms with Crippen LogP contribution in [0.25, 0.3) is 0 Å². The van der Waals surface area contributed by atoms with Gasteiger partial charge in [-0.15, -0.1) is 0 Å². The third-order valence-electron chi connectivity index (χ3n) is 6.51. The fraction of sp³-hybridized carbons (Fsp3) is 0.650. The molecule has 0 radical (unpaired) electrons. The second-order valence-electron chi connectivity index (χ2n) is 8.35. The molecule has 3 aliphatic rings. The highest BCUT2D eigenvalue weighted by atomic mass is 16.5. The zero-order chi connectivity index (χ0) is 17.7.